The first-order chi connectivity index (χ1) is 42.1. The van der Waals surface area contributed by atoms with Gasteiger partial charge in [0.15, 0.2) is 12.2 Å². The number of aliphatic hydroxyl groups excluding tert-OH is 1. The summed E-state index contributed by atoms with van der Waals surface area (Å²) in [6.45, 7) is 14.0. The Kier molecular flexibility index (Phi) is 57.6. The molecule has 19 heteroatoms. The minimum absolute atomic E-state index is 0.102. The Balaban J connectivity index is 5.22. The molecule has 0 radical (unpaired) electrons. The predicted molar refractivity (Wildman–Crippen MR) is 354 cm³/mol. The van der Waals surface area contributed by atoms with E-state index in [9.17, 15) is 43.2 Å². The normalized spacial score (nSPS) is 14.6. The summed E-state index contributed by atoms with van der Waals surface area (Å²) in [6, 6.07) is 0. The van der Waals surface area contributed by atoms with E-state index in [0.29, 0.717) is 31.6 Å². The van der Waals surface area contributed by atoms with Crippen molar-refractivity contribution in [2.75, 3.05) is 39.6 Å². The summed E-state index contributed by atoms with van der Waals surface area (Å²) in [5.41, 5.74) is 0. The number of aliphatic hydroxyl groups is 1. The number of hydrogen-bond donors (Lipinski definition) is 3. The highest BCUT2D eigenvalue weighted by Gasteiger charge is 2.30. The Bertz CT molecular complexity index is 1750. The average Bonchev–Trinajstić information content (AvgIpc) is 3.66. The van der Waals surface area contributed by atoms with E-state index in [0.717, 1.165) is 114 Å². The van der Waals surface area contributed by atoms with E-state index in [-0.39, 0.29) is 25.7 Å². The number of ether oxygens (including phenoxy) is 4. The zero-order chi connectivity index (χ0) is 65.4. The third-order valence-corrected chi connectivity index (χ3v) is 18.1. The Hall–Kier alpha value is -1.94. The number of phosphoric ester groups is 2. The highest BCUT2D eigenvalue weighted by atomic mass is 31.2. The van der Waals surface area contributed by atoms with E-state index in [1.807, 2.05) is 0 Å². The molecule has 0 aromatic rings. The van der Waals surface area contributed by atoms with Crippen molar-refractivity contribution in [1.29, 1.82) is 0 Å². The Morgan fingerprint density at radius 1 is 0.318 bits per heavy atom. The lowest BCUT2D eigenvalue weighted by atomic mass is 10.00. The van der Waals surface area contributed by atoms with Crippen LogP contribution in [0.15, 0.2) is 0 Å². The number of esters is 4. The molecule has 3 N–H and O–H groups in total. The molecule has 0 saturated carbocycles. The largest absolute Gasteiger partial charge is 0.472 e. The lowest BCUT2D eigenvalue weighted by molar-refractivity contribution is -0.161. The number of carbonyl (C=O) groups excluding carboxylic acids is 4. The molecule has 0 rings (SSSR count). The third kappa shape index (κ3) is 61.6. The maximum atomic E-state index is 13.0. The van der Waals surface area contributed by atoms with E-state index in [1.54, 1.807) is 0 Å². The number of hydrogen-bond acceptors (Lipinski definition) is 15. The van der Waals surface area contributed by atoms with E-state index >= 15 is 0 Å². The van der Waals surface area contributed by atoms with Crippen LogP contribution in [0.3, 0.4) is 0 Å². The molecular formula is C69H134O17P2. The van der Waals surface area contributed by atoms with E-state index in [1.165, 1.54) is 135 Å². The van der Waals surface area contributed by atoms with Gasteiger partial charge >= 0.3 is 39.5 Å². The fourth-order valence-corrected chi connectivity index (χ4v) is 11.9. The zero-order valence-electron chi connectivity index (χ0n) is 57.3. The molecule has 0 saturated heterocycles. The lowest BCUT2D eigenvalue weighted by Gasteiger charge is -2.21. The third-order valence-electron chi connectivity index (χ3n) is 16.2. The number of unbranched alkanes of at least 4 members (excludes halogenated alkanes) is 31. The van der Waals surface area contributed by atoms with Crippen LogP contribution in [-0.2, 0) is 65.4 Å². The van der Waals surface area contributed by atoms with Gasteiger partial charge < -0.3 is 33.8 Å². The molecule has 17 nitrogen and oxygen atoms in total. The van der Waals surface area contributed by atoms with Crippen LogP contribution in [0.4, 0.5) is 0 Å². The molecule has 0 aliphatic carbocycles. The molecule has 0 spiro atoms. The highest BCUT2D eigenvalue weighted by Crippen LogP contribution is 2.45. The van der Waals surface area contributed by atoms with Crippen LogP contribution in [0.5, 0.6) is 0 Å². The van der Waals surface area contributed by atoms with Gasteiger partial charge in [0, 0.05) is 25.7 Å². The van der Waals surface area contributed by atoms with Gasteiger partial charge in [0.2, 0.25) is 0 Å². The fraction of sp³-hybridized carbons (Fsp3) is 0.942. The molecule has 0 fully saturated rings. The summed E-state index contributed by atoms with van der Waals surface area (Å²) < 4.78 is 68.2. The Morgan fingerprint density at radius 2 is 0.545 bits per heavy atom. The van der Waals surface area contributed by atoms with Crippen molar-refractivity contribution in [1.82, 2.24) is 0 Å². The molecule has 0 heterocycles. The van der Waals surface area contributed by atoms with Crippen molar-refractivity contribution < 1.29 is 80.2 Å². The number of carbonyl (C=O) groups is 4. The smallest absolute Gasteiger partial charge is 0.462 e. The van der Waals surface area contributed by atoms with Gasteiger partial charge in [-0.3, -0.25) is 37.3 Å². The van der Waals surface area contributed by atoms with Crippen LogP contribution in [0.25, 0.3) is 0 Å². The standard InChI is InChI=1S/C69H134O17P2/c1-9-62(8)48-40-32-27-28-36-44-52-69(74)86-65(56-79-66(71)49-41-33-24-18-14-12-10-11-13-16-21-29-37-45-59(2)3)58-84-88(77,78)82-54-63(70)53-81-87(75,76)83-57-64(55-80-67(72)50-42-34-26-20-23-31-39-47-61(6)7)85-68(73)51-43-35-25-19-15-17-22-30-38-46-60(4)5/h59-65,70H,9-58H2,1-8H3,(H,75,76)(H,77,78)/t62?,63?,64-,65-/m1/s1. The van der Waals surface area contributed by atoms with Gasteiger partial charge in [-0.2, -0.15) is 0 Å². The average molecular weight is 1300 g/mol. The van der Waals surface area contributed by atoms with Gasteiger partial charge in [0.25, 0.3) is 0 Å². The van der Waals surface area contributed by atoms with E-state index < -0.39 is 97.5 Å². The van der Waals surface area contributed by atoms with Crippen LogP contribution < -0.4 is 0 Å². The summed E-state index contributed by atoms with van der Waals surface area (Å²) in [7, 11) is -9.90. The molecule has 4 unspecified atom stereocenters. The molecule has 0 aromatic carbocycles. The van der Waals surface area contributed by atoms with Crippen molar-refractivity contribution >= 4 is 39.5 Å². The number of rotatable bonds is 66. The van der Waals surface area contributed by atoms with Crippen LogP contribution in [-0.4, -0.2) is 96.7 Å². The van der Waals surface area contributed by atoms with Crippen molar-refractivity contribution in [2.24, 2.45) is 23.7 Å². The summed E-state index contributed by atoms with van der Waals surface area (Å²) in [4.78, 5) is 72.4. The molecule has 0 aromatic heterocycles. The quantitative estimate of drug-likeness (QED) is 0.0222. The van der Waals surface area contributed by atoms with Crippen molar-refractivity contribution in [3.05, 3.63) is 0 Å². The van der Waals surface area contributed by atoms with Crippen LogP contribution in [0.2, 0.25) is 0 Å². The molecule has 0 bridgehead atoms. The molecule has 88 heavy (non-hydrogen) atoms. The second-order valence-corrected chi connectivity index (χ2v) is 29.5. The predicted octanol–water partition coefficient (Wildman–Crippen LogP) is 19.3. The second-order valence-electron chi connectivity index (χ2n) is 26.6. The van der Waals surface area contributed by atoms with Crippen LogP contribution in [0.1, 0.15) is 338 Å². The molecule has 0 aliphatic rings. The Labute approximate surface area is 537 Å². The van der Waals surface area contributed by atoms with E-state index in [2.05, 4.69) is 55.4 Å². The van der Waals surface area contributed by atoms with Gasteiger partial charge in [-0.1, -0.05) is 287 Å². The SMILES string of the molecule is CCC(C)CCCCCCCCC(=O)O[C@H](COC(=O)CCCCCCCCCCCCCCCC(C)C)COP(=O)(O)OCC(O)COP(=O)(O)OC[C@@H](COC(=O)CCCCCCCCCC(C)C)OC(=O)CCCCCCCCCCCC(C)C. The minimum atomic E-state index is -4.95. The first-order valence-corrected chi connectivity index (χ1v) is 38.7. The monoisotopic (exact) mass is 1300 g/mol. The summed E-state index contributed by atoms with van der Waals surface area (Å²) in [5.74, 6) is 0.818. The fourth-order valence-electron chi connectivity index (χ4n) is 10.3. The Morgan fingerprint density at radius 3 is 0.807 bits per heavy atom. The van der Waals surface area contributed by atoms with Crippen molar-refractivity contribution in [3.63, 3.8) is 0 Å². The van der Waals surface area contributed by atoms with Crippen LogP contribution in [0, 0.1) is 23.7 Å². The molecule has 0 amide bonds. The van der Waals surface area contributed by atoms with Crippen molar-refractivity contribution in [2.45, 2.75) is 356 Å². The maximum absolute atomic E-state index is 13.0. The molecule has 522 valence electrons. The minimum Gasteiger partial charge on any atom is -0.462 e. The summed E-state index contributed by atoms with van der Waals surface area (Å²) in [5, 5.41) is 10.6. The number of phosphoric acid groups is 2. The molecule has 6 atom stereocenters. The van der Waals surface area contributed by atoms with Gasteiger partial charge in [-0.05, 0) is 49.4 Å². The lowest BCUT2D eigenvalue weighted by Crippen LogP contribution is -2.30. The van der Waals surface area contributed by atoms with Gasteiger partial charge in [0.05, 0.1) is 26.4 Å². The second kappa shape index (κ2) is 58.8. The summed E-state index contributed by atoms with van der Waals surface area (Å²) in [6.07, 6.45) is 40.5. The zero-order valence-corrected chi connectivity index (χ0v) is 59.1. The first kappa shape index (κ1) is 86.1. The topological polar surface area (TPSA) is 237 Å². The molecule has 0 aliphatic heterocycles. The summed E-state index contributed by atoms with van der Waals surface area (Å²) >= 11 is 0. The highest BCUT2D eigenvalue weighted by molar-refractivity contribution is 7.47. The van der Waals surface area contributed by atoms with Gasteiger partial charge in [0.1, 0.15) is 19.3 Å². The van der Waals surface area contributed by atoms with Crippen molar-refractivity contribution in [3.8, 4) is 0 Å². The van der Waals surface area contributed by atoms with Gasteiger partial charge in [-0.15, -0.1) is 0 Å². The first-order valence-electron chi connectivity index (χ1n) is 35.7. The van der Waals surface area contributed by atoms with Gasteiger partial charge in [-0.25, -0.2) is 9.13 Å². The maximum Gasteiger partial charge on any atom is 0.472 e. The van der Waals surface area contributed by atoms with Crippen LogP contribution >= 0.6 is 15.6 Å². The molecular weight excluding hydrogens is 1160 g/mol. The van der Waals surface area contributed by atoms with E-state index in [4.69, 9.17) is 37.0 Å².